The van der Waals surface area contributed by atoms with Gasteiger partial charge in [-0.1, -0.05) is 19.1 Å². The predicted molar refractivity (Wildman–Crippen MR) is 91.2 cm³/mol. The van der Waals surface area contributed by atoms with Gasteiger partial charge in [0.05, 0.1) is 16.8 Å². The van der Waals surface area contributed by atoms with Crippen LogP contribution in [0.1, 0.15) is 19.2 Å². The molecular weight excluding hydrogens is 314 g/mol. The van der Waals surface area contributed by atoms with Gasteiger partial charge in [-0.25, -0.2) is 4.98 Å². The Bertz CT molecular complexity index is 684. The smallest absolute Gasteiger partial charge is 0.326 e. The second-order valence-corrected chi connectivity index (χ2v) is 5.91. The fraction of sp³-hybridized carbons (Fsp3) is 0.438. The van der Waals surface area contributed by atoms with Gasteiger partial charge in [-0.15, -0.1) is 0 Å². The number of carbonyl (C=O) groups is 2. The minimum atomic E-state index is -0.442. The molecule has 2 rings (SSSR count). The number of thioether (sulfide) groups is 1. The summed E-state index contributed by atoms with van der Waals surface area (Å²) in [6.45, 7) is 2.35. The largest absolute Gasteiger partial charge is 0.454 e. The van der Waals surface area contributed by atoms with Crippen LogP contribution in [0.3, 0.4) is 0 Å². The number of para-hydroxylation sites is 2. The van der Waals surface area contributed by atoms with Gasteiger partial charge in [0.2, 0.25) is 0 Å². The zero-order valence-corrected chi connectivity index (χ0v) is 14.2. The summed E-state index contributed by atoms with van der Waals surface area (Å²) in [6, 6.07) is 7.67. The highest BCUT2D eigenvalue weighted by atomic mass is 32.2. The molecule has 0 atom stereocenters. The lowest BCUT2D eigenvalue weighted by molar-refractivity contribution is -0.149. The van der Waals surface area contributed by atoms with Crippen LogP contribution < -0.4 is 5.32 Å². The third-order valence-corrected chi connectivity index (χ3v) is 3.78. The van der Waals surface area contributed by atoms with E-state index in [0.717, 1.165) is 23.3 Å². The van der Waals surface area contributed by atoms with Crippen molar-refractivity contribution >= 4 is 34.7 Å². The van der Waals surface area contributed by atoms with Crippen molar-refractivity contribution in [1.29, 1.82) is 0 Å². The number of benzene rings is 1. The molecule has 6 nitrogen and oxygen atoms in total. The van der Waals surface area contributed by atoms with Crippen LogP contribution in [0.2, 0.25) is 0 Å². The first-order chi connectivity index (χ1) is 11.2. The SMILES string of the molecule is CCCNC(=O)COC(=O)Cn1c(CSC)nc2ccccc21. The van der Waals surface area contributed by atoms with E-state index in [4.69, 9.17) is 4.74 Å². The van der Waals surface area contributed by atoms with Gasteiger partial charge in [0.15, 0.2) is 6.61 Å². The monoisotopic (exact) mass is 335 g/mol. The van der Waals surface area contributed by atoms with Crippen molar-refractivity contribution < 1.29 is 14.3 Å². The molecule has 0 aliphatic rings. The molecule has 1 aromatic carbocycles. The lowest BCUT2D eigenvalue weighted by Crippen LogP contribution is -2.30. The third kappa shape index (κ3) is 4.72. The number of esters is 1. The number of fused-ring (bicyclic) bond motifs is 1. The predicted octanol–water partition coefficient (Wildman–Crippen LogP) is 1.97. The molecule has 1 aromatic heterocycles. The van der Waals surface area contributed by atoms with Gasteiger partial charge in [0.1, 0.15) is 12.4 Å². The van der Waals surface area contributed by atoms with Gasteiger partial charge in [-0.3, -0.25) is 9.59 Å². The van der Waals surface area contributed by atoms with E-state index >= 15 is 0 Å². The summed E-state index contributed by atoms with van der Waals surface area (Å²) >= 11 is 1.64. The quantitative estimate of drug-likeness (QED) is 0.747. The van der Waals surface area contributed by atoms with Crippen molar-refractivity contribution in [1.82, 2.24) is 14.9 Å². The standard InChI is InChI=1S/C16H21N3O3S/c1-3-8-17-15(20)10-22-16(21)9-19-13-7-5-4-6-12(13)18-14(19)11-23-2/h4-7H,3,8-11H2,1-2H3,(H,17,20). The molecule has 1 N–H and O–H groups in total. The number of nitrogens with zero attached hydrogens (tertiary/aromatic N) is 2. The first-order valence-corrected chi connectivity index (χ1v) is 8.90. The average molecular weight is 335 g/mol. The normalized spacial score (nSPS) is 10.7. The van der Waals surface area contributed by atoms with Crippen LogP contribution in [0.25, 0.3) is 11.0 Å². The molecule has 124 valence electrons. The maximum Gasteiger partial charge on any atom is 0.326 e. The van der Waals surface area contributed by atoms with Gasteiger partial charge in [-0.05, 0) is 24.8 Å². The van der Waals surface area contributed by atoms with Crippen LogP contribution in [0.4, 0.5) is 0 Å². The number of aromatic nitrogens is 2. The fourth-order valence-corrected chi connectivity index (χ4v) is 2.66. The molecule has 0 aliphatic heterocycles. The van der Waals surface area contributed by atoms with Crippen molar-refractivity contribution in [2.45, 2.75) is 25.6 Å². The number of hydrogen-bond acceptors (Lipinski definition) is 5. The first-order valence-electron chi connectivity index (χ1n) is 7.51. The Kier molecular flexibility index (Phi) is 6.46. The fourth-order valence-electron chi connectivity index (χ4n) is 2.18. The summed E-state index contributed by atoms with van der Waals surface area (Å²) in [5, 5.41) is 2.67. The van der Waals surface area contributed by atoms with Crippen LogP contribution in [-0.2, 0) is 26.6 Å². The number of hydrogen-bond donors (Lipinski definition) is 1. The van der Waals surface area contributed by atoms with Crippen molar-refractivity contribution in [3.63, 3.8) is 0 Å². The maximum absolute atomic E-state index is 12.0. The molecule has 0 spiro atoms. The molecule has 7 heteroatoms. The number of ether oxygens (including phenoxy) is 1. The molecule has 0 saturated carbocycles. The summed E-state index contributed by atoms with van der Waals surface area (Å²) < 4.78 is 6.90. The highest BCUT2D eigenvalue weighted by molar-refractivity contribution is 7.97. The Labute approximate surface area is 139 Å². The van der Waals surface area contributed by atoms with E-state index in [1.54, 1.807) is 11.8 Å². The first kappa shape index (κ1) is 17.3. The van der Waals surface area contributed by atoms with E-state index in [-0.39, 0.29) is 19.1 Å². The van der Waals surface area contributed by atoms with Crippen LogP contribution in [0, 0.1) is 0 Å². The molecule has 23 heavy (non-hydrogen) atoms. The molecule has 2 aromatic rings. The summed E-state index contributed by atoms with van der Waals surface area (Å²) in [6.07, 6.45) is 2.83. The molecule has 0 saturated heterocycles. The van der Waals surface area contributed by atoms with Gasteiger partial charge in [-0.2, -0.15) is 11.8 Å². The second kappa shape index (κ2) is 8.57. The average Bonchev–Trinajstić information content (AvgIpc) is 2.89. The third-order valence-electron chi connectivity index (χ3n) is 3.23. The Morgan fingerprint density at radius 3 is 2.87 bits per heavy atom. The van der Waals surface area contributed by atoms with Crippen LogP contribution in [-0.4, -0.2) is 40.8 Å². The molecule has 1 heterocycles. The lowest BCUT2D eigenvalue weighted by Gasteiger charge is -2.09. The van der Waals surface area contributed by atoms with Crippen LogP contribution in [0.5, 0.6) is 0 Å². The summed E-state index contributed by atoms with van der Waals surface area (Å²) in [4.78, 5) is 28.1. The van der Waals surface area contributed by atoms with E-state index in [2.05, 4.69) is 10.3 Å². The number of imidazole rings is 1. The van der Waals surface area contributed by atoms with E-state index in [1.807, 2.05) is 42.0 Å². The van der Waals surface area contributed by atoms with Gasteiger partial charge in [0, 0.05) is 6.54 Å². The highest BCUT2D eigenvalue weighted by Gasteiger charge is 2.14. The molecule has 0 bridgehead atoms. The Morgan fingerprint density at radius 1 is 1.35 bits per heavy atom. The number of amides is 1. The molecule has 0 fully saturated rings. The molecule has 0 aliphatic carbocycles. The highest BCUT2D eigenvalue weighted by Crippen LogP contribution is 2.19. The summed E-state index contributed by atoms with van der Waals surface area (Å²) in [5.41, 5.74) is 1.74. The van der Waals surface area contributed by atoms with Crippen LogP contribution >= 0.6 is 11.8 Å². The molecular formula is C16H21N3O3S. The number of nitrogens with one attached hydrogen (secondary N) is 1. The Balaban J connectivity index is 2.03. The van der Waals surface area contributed by atoms with Crippen molar-refractivity contribution in [3.8, 4) is 0 Å². The zero-order chi connectivity index (χ0) is 16.7. The van der Waals surface area contributed by atoms with E-state index < -0.39 is 5.97 Å². The summed E-state index contributed by atoms with van der Waals surface area (Å²) in [5.74, 6) is 0.812. The second-order valence-electron chi connectivity index (χ2n) is 5.05. The summed E-state index contributed by atoms with van der Waals surface area (Å²) in [7, 11) is 0. The molecule has 1 amide bonds. The van der Waals surface area contributed by atoms with Crippen molar-refractivity contribution in [2.24, 2.45) is 0 Å². The molecule has 0 radical (unpaired) electrons. The van der Waals surface area contributed by atoms with Gasteiger partial charge >= 0.3 is 5.97 Å². The Hall–Kier alpha value is -2.02. The molecule has 0 unspecified atom stereocenters. The number of carbonyl (C=O) groups excluding carboxylic acids is 2. The zero-order valence-electron chi connectivity index (χ0n) is 13.4. The van der Waals surface area contributed by atoms with Crippen molar-refractivity contribution in [2.75, 3.05) is 19.4 Å². The van der Waals surface area contributed by atoms with E-state index in [0.29, 0.717) is 12.3 Å². The maximum atomic E-state index is 12.0. The lowest BCUT2D eigenvalue weighted by atomic mass is 10.3. The van der Waals surface area contributed by atoms with Gasteiger partial charge < -0.3 is 14.6 Å². The van der Waals surface area contributed by atoms with Crippen LogP contribution in [0.15, 0.2) is 24.3 Å². The van der Waals surface area contributed by atoms with E-state index in [9.17, 15) is 9.59 Å². The topological polar surface area (TPSA) is 73.2 Å². The van der Waals surface area contributed by atoms with E-state index in [1.165, 1.54) is 0 Å². The van der Waals surface area contributed by atoms with Gasteiger partial charge in [0.25, 0.3) is 5.91 Å². The minimum Gasteiger partial charge on any atom is -0.454 e. The van der Waals surface area contributed by atoms with Crippen molar-refractivity contribution in [3.05, 3.63) is 30.1 Å². The Morgan fingerprint density at radius 2 is 2.13 bits per heavy atom. The number of rotatable bonds is 8. The minimum absolute atomic E-state index is 0.0530.